The summed E-state index contributed by atoms with van der Waals surface area (Å²) >= 11 is 1.38. The molecule has 0 unspecified atom stereocenters. The zero-order valence-electron chi connectivity index (χ0n) is 19.4. The fraction of sp³-hybridized carbons (Fsp3) is 0.346. The number of thiazole rings is 1. The first-order chi connectivity index (χ1) is 16.5. The third-order valence-corrected chi connectivity index (χ3v) is 6.82. The number of aromatic nitrogens is 1. The van der Waals surface area contributed by atoms with Crippen molar-refractivity contribution in [3.63, 3.8) is 0 Å². The van der Waals surface area contributed by atoms with Crippen molar-refractivity contribution in [2.45, 2.75) is 51.3 Å². The number of carbonyl (C=O) groups is 2. The van der Waals surface area contributed by atoms with Crippen LogP contribution in [0.5, 0.6) is 11.5 Å². The Morgan fingerprint density at radius 1 is 0.971 bits per heavy atom. The van der Waals surface area contributed by atoms with E-state index in [1.807, 2.05) is 55.5 Å². The van der Waals surface area contributed by atoms with Crippen LogP contribution >= 0.6 is 11.3 Å². The first-order valence-corrected chi connectivity index (χ1v) is 12.3. The van der Waals surface area contributed by atoms with E-state index in [1.165, 1.54) is 11.3 Å². The predicted octanol–water partition coefficient (Wildman–Crippen LogP) is 4.51. The number of rotatable bonds is 8. The van der Waals surface area contributed by atoms with Crippen LogP contribution in [0, 0.1) is 6.92 Å². The molecule has 1 saturated carbocycles. The highest BCUT2D eigenvalue weighted by atomic mass is 32.1. The third kappa shape index (κ3) is 5.75. The van der Waals surface area contributed by atoms with Crippen molar-refractivity contribution in [1.82, 2.24) is 15.6 Å². The second-order valence-electron chi connectivity index (χ2n) is 8.33. The lowest BCUT2D eigenvalue weighted by Crippen LogP contribution is -2.53. The molecule has 34 heavy (non-hydrogen) atoms. The maximum absolute atomic E-state index is 12.9. The number of methoxy groups -OCH3 is 1. The Hall–Kier alpha value is -3.39. The summed E-state index contributed by atoms with van der Waals surface area (Å²) in [7, 11) is 1.59. The van der Waals surface area contributed by atoms with Gasteiger partial charge in [-0.2, -0.15) is 0 Å². The summed E-state index contributed by atoms with van der Waals surface area (Å²) in [6.07, 6.45) is 3.68. The molecule has 8 heteroatoms. The van der Waals surface area contributed by atoms with Gasteiger partial charge >= 0.3 is 0 Å². The van der Waals surface area contributed by atoms with Gasteiger partial charge in [0.1, 0.15) is 17.3 Å². The summed E-state index contributed by atoms with van der Waals surface area (Å²) in [5.41, 5.74) is 1.96. The number of aryl methyl sites for hydroxylation is 1. The summed E-state index contributed by atoms with van der Waals surface area (Å²) in [6.45, 7) is 2.17. The van der Waals surface area contributed by atoms with Crippen LogP contribution in [-0.2, 0) is 6.61 Å². The van der Waals surface area contributed by atoms with Crippen molar-refractivity contribution in [3.8, 4) is 11.5 Å². The van der Waals surface area contributed by atoms with Crippen molar-refractivity contribution in [2.24, 2.45) is 0 Å². The minimum atomic E-state index is -0.234. The Balaban J connectivity index is 1.36. The Morgan fingerprint density at radius 2 is 1.62 bits per heavy atom. The molecule has 2 atom stereocenters. The van der Waals surface area contributed by atoms with Gasteiger partial charge in [0.15, 0.2) is 11.5 Å². The number of nitrogens with one attached hydrogen (secondary N) is 2. The quantitative estimate of drug-likeness (QED) is 0.496. The first-order valence-electron chi connectivity index (χ1n) is 11.4. The number of hydrogen-bond donors (Lipinski definition) is 2. The summed E-state index contributed by atoms with van der Waals surface area (Å²) in [6, 6.07) is 14.7. The molecule has 0 radical (unpaired) electrons. The average Bonchev–Trinajstić information content (AvgIpc) is 3.33. The molecule has 2 amide bonds. The molecule has 1 aliphatic carbocycles. The van der Waals surface area contributed by atoms with Gasteiger partial charge in [-0.1, -0.05) is 43.2 Å². The number of benzene rings is 2. The van der Waals surface area contributed by atoms with Crippen molar-refractivity contribution in [2.75, 3.05) is 7.11 Å². The molecule has 178 valence electrons. The molecule has 1 fully saturated rings. The topological polar surface area (TPSA) is 89.6 Å². The zero-order chi connectivity index (χ0) is 23.9. The molecule has 0 saturated heterocycles. The normalized spacial score (nSPS) is 17.6. The van der Waals surface area contributed by atoms with Gasteiger partial charge in [0, 0.05) is 23.0 Å². The molecule has 3 aromatic rings. The summed E-state index contributed by atoms with van der Waals surface area (Å²) in [5.74, 6) is 0.935. The van der Waals surface area contributed by atoms with E-state index in [0.717, 1.165) is 31.2 Å². The molecule has 2 aromatic carbocycles. The van der Waals surface area contributed by atoms with E-state index in [1.54, 1.807) is 12.5 Å². The molecule has 0 spiro atoms. The molecule has 1 aromatic heterocycles. The van der Waals surface area contributed by atoms with Gasteiger partial charge in [0.25, 0.3) is 11.8 Å². The van der Waals surface area contributed by atoms with E-state index < -0.39 is 0 Å². The van der Waals surface area contributed by atoms with E-state index in [0.29, 0.717) is 27.8 Å². The summed E-state index contributed by atoms with van der Waals surface area (Å²) in [5, 5.41) is 8.66. The highest BCUT2D eigenvalue weighted by Crippen LogP contribution is 2.27. The third-order valence-electron chi connectivity index (χ3n) is 5.99. The maximum Gasteiger partial charge on any atom is 0.271 e. The lowest BCUT2D eigenvalue weighted by Gasteiger charge is -2.32. The predicted molar refractivity (Wildman–Crippen MR) is 132 cm³/mol. The maximum atomic E-state index is 12.9. The lowest BCUT2D eigenvalue weighted by atomic mass is 9.89. The largest absolute Gasteiger partial charge is 0.493 e. The van der Waals surface area contributed by atoms with E-state index in [9.17, 15) is 9.59 Å². The Labute approximate surface area is 203 Å². The molecule has 1 heterocycles. The Bertz CT molecular complexity index is 1150. The zero-order valence-corrected chi connectivity index (χ0v) is 20.2. The summed E-state index contributed by atoms with van der Waals surface area (Å²) in [4.78, 5) is 30.2. The smallest absolute Gasteiger partial charge is 0.271 e. The molecule has 0 bridgehead atoms. The molecular weight excluding hydrogens is 450 g/mol. The van der Waals surface area contributed by atoms with E-state index in [-0.39, 0.29) is 30.5 Å². The van der Waals surface area contributed by atoms with Crippen molar-refractivity contribution in [3.05, 3.63) is 75.7 Å². The number of para-hydroxylation sites is 2. The van der Waals surface area contributed by atoms with Gasteiger partial charge in [-0.3, -0.25) is 9.59 Å². The standard InChI is InChI=1S/C26H29N3O4S/c1-17-9-3-4-10-18(17)25(30)28-19-11-5-6-12-20(19)29-26(31)21-16-34-24(27-21)15-33-23-14-8-7-13-22(23)32-2/h3-4,7-10,13-14,16,19-20H,5-6,11-12,15H2,1-2H3,(H,28,30)(H,29,31)/t19-,20+/m0/s1. The fourth-order valence-electron chi connectivity index (χ4n) is 4.15. The van der Waals surface area contributed by atoms with Gasteiger partial charge in [-0.15, -0.1) is 11.3 Å². The number of nitrogens with zero attached hydrogens (tertiary/aromatic N) is 1. The minimum absolute atomic E-state index is 0.103. The van der Waals surface area contributed by atoms with E-state index in [2.05, 4.69) is 15.6 Å². The van der Waals surface area contributed by atoms with Crippen LogP contribution in [0.25, 0.3) is 0 Å². The molecular formula is C26H29N3O4S. The van der Waals surface area contributed by atoms with Crippen LogP contribution in [0.2, 0.25) is 0 Å². The molecule has 4 rings (SSSR count). The number of hydrogen-bond acceptors (Lipinski definition) is 6. The monoisotopic (exact) mass is 479 g/mol. The second kappa shape index (κ2) is 11.2. The molecule has 0 aliphatic heterocycles. The number of carbonyl (C=O) groups excluding carboxylic acids is 2. The van der Waals surface area contributed by atoms with Gasteiger partial charge in [-0.05, 0) is 43.5 Å². The van der Waals surface area contributed by atoms with Gasteiger partial charge in [0.2, 0.25) is 0 Å². The van der Waals surface area contributed by atoms with Gasteiger partial charge in [-0.25, -0.2) is 4.98 Å². The SMILES string of the molecule is COc1ccccc1OCc1nc(C(=O)N[C@@H]2CCCC[C@@H]2NC(=O)c2ccccc2C)cs1. The van der Waals surface area contributed by atoms with Crippen molar-refractivity contribution < 1.29 is 19.1 Å². The van der Waals surface area contributed by atoms with Crippen molar-refractivity contribution in [1.29, 1.82) is 0 Å². The van der Waals surface area contributed by atoms with Crippen LogP contribution in [0.15, 0.2) is 53.9 Å². The second-order valence-corrected chi connectivity index (χ2v) is 9.27. The molecule has 1 aliphatic rings. The fourth-order valence-corrected chi connectivity index (χ4v) is 4.84. The minimum Gasteiger partial charge on any atom is -0.493 e. The Morgan fingerprint density at radius 3 is 2.32 bits per heavy atom. The molecule has 7 nitrogen and oxygen atoms in total. The first kappa shape index (κ1) is 23.8. The summed E-state index contributed by atoms with van der Waals surface area (Å²) < 4.78 is 11.1. The number of ether oxygens (including phenoxy) is 2. The van der Waals surface area contributed by atoms with Crippen LogP contribution in [0.4, 0.5) is 0 Å². The van der Waals surface area contributed by atoms with Crippen molar-refractivity contribution >= 4 is 23.2 Å². The average molecular weight is 480 g/mol. The highest BCUT2D eigenvalue weighted by Gasteiger charge is 2.29. The Kier molecular flexibility index (Phi) is 7.80. The number of amides is 2. The van der Waals surface area contributed by atoms with Crippen LogP contribution in [0.3, 0.4) is 0 Å². The molecule has 2 N–H and O–H groups in total. The van der Waals surface area contributed by atoms with E-state index >= 15 is 0 Å². The van der Waals surface area contributed by atoms with Crippen LogP contribution < -0.4 is 20.1 Å². The van der Waals surface area contributed by atoms with Gasteiger partial charge < -0.3 is 20.1 Å². The van der Waals surface area contributed by atoms with Gasteiger partial charge in [0.05, 0.1) is 7.11 Å². The lowest BCUT2D eigenvalue weighted by molar-refractivity contribution is 0.0860. The van der Waals surface area contributed by atoms with Crippen LogP contribution in [-0.4, -0.2) is 36.0 Å². The highest BCUT2D eigenvalue weighted by molar-refractivity contribution is 7.09. The van der Waals surface area contributed by atoms with E-state index in [4.69, 9.17) is 9.47 Å². The van der Waals surface area contributed by atoms with Crippen LogP contribution in [0.1, 0.15) is 57.1 Å².